The number of hydrogen-bond acceptors (Lipinski definition) is 2. The molecule has 2 aliphatic rings. The molecule has 2 fully saturated rings. The van der Waals surface area contributed by atoms with Gasteiger partial charge in [-0.15, -0.1) is 0 Å². The zero-order valence-electron chi connectivity index (χ0n) is 11.7. The summed E-state index contributed by atoms with van der Waals surface area (Å²) in [5.41, 5.74) is 9.20. The number of likely N-dealkylation sites (tertiary alicyclic amines) is 1. The number of fused-ring (bicyclic) bond motifs is 1. The Balaban J connectivity index is 1.80. The molecule has 1 saturated carbocycles. The fourth-order valence-electron chi connectivity index (χ4n) is 3.61. The first-order valence-corrected chi connectivity index (χ1v) is 7.18. The lowest BCUT2D eigenvalue weighted by Crippen LogP contribution is -2.33. The van der Waals surface area contributed by atoms with E-state index in [2.05, 4.69) is 6.07 Å². The third kappa shape index (κ3) is 2.16. The minimum atomic E-state index is 0.183. The van der Waals surface area contributed by atoms with E-state index < -0.39 is 0 Å². The van der Waals surface area contributed by atoms with Crippen LogP contribution < -0.4 is 5.73 Å². The first-order valence-electron chi connectivity index (χ1n) is 7.18. The van der Waals surface area contributed by atoms with Gasteiger partial charge in [-0.1, -0.05) is 17.7 Å². The van der Waals surface area contributed by atoms with Crippen LogP contribution in [-0.2, 0) is 0 Å². The van der Waals surface area contributed by atoms with Gasteiger partial charge in [-0.05, 0) is 50.2 Å². The van der Waals surface area contributed by atoms with Crippen molar-refractivity contribution >= 4 is 5.91 Å². The monoisotopic (exact) mass is 258 g/mol. The molecule has 2 N–H and O–H groups in total. The van der Waals surface area contributed by atoms with Crippen molar-refractivity contribution in [2.45, 2.75) is 32.7 Å². The van der Waals surface area contributed by atoms with E-state index in [0.717, 1.165) is 36.2 Å². The molecule has 3 heteroatoms. The van der Waals surface area contributed by atoms with E-state index in [0.29, 0.717) is 17.9 Å². The lowest BCUT2D eigenvalue weighted by atomic mass is 9.98. The van der Waals surface area contributed by atoms with Crippen LogP contribution in [0.25, 0.3) is 0 Å². The summed E-state index contributed by atoms with van der Waals surface area (Å²) >= 11 is 0. The summed E-state index contributed by atoms with van der Waals surface area (Å²) in [4.78, 5) is 14.7. The number of amides is 1. The SMILES string of the molecule is Cc1ccc(C)c(C(=O)N2CC3CCC(N)C3C2)c1. The Morgan fingerprint density at radius 3 is 2.79 bits per heavy atom. The second kappa shape index (κ2) is 4.64. The number of nitrogens with zero attached hydrogens (tertiary/aromatic N) is 1. The highest BCUT2D eigenvalue weighted by Gasteiger charge is 2.42. The molecule has 0 radical (unpaired) electrons. The molecule has 1 aromatic carbocycles. The highest BCUT2D eigenvalue weighted by Crippen LogP contribution is 2.37. The van der Waals surface area contributed by atoms with Gasteiger partial charge in [0.2, 0.25) is 0 Å². The zero-order valence-corrected chi connectivity index (χ0v) is 11.7. The van der Waals surface area contributed by atoms with E-state index >= 15 is 0 Å². The zero-order chi connectivity index (χ0) is 13.6. The molecule has 0 spiro atoms. The lowest BCUT2D eigenvalue weighted by Gasteiger charge is -2.20. The van der Waals surface area contributed by atoms with Gasteiger partial charge in [0.05, 0.1) is 0 Å². The minimum absolute atomic E-state index is 0.183. The van der Waals surface area contributed by atoms with Crippen LogP contribution in [0.3, 0.4) is 0 Å². The average Bonchev–Trinajstić information content (AvgIpc) is 2.94. The van der Waals surface area contributed by atoms with Crippen LogP contribution in [0.2, 0.25) is 0 Å². The van der Waals surface area contributed by atoms with Gasteiger partial charge >= 0.3 is 0 Å². The van der Waals surface area contributed by atoms with E-state index in [1.54, 1.807) is 0 Å². The van der Waals surface area contributed by atoms with Crippen LogP contribution in [-0.4, -0.2) is 29.9 Å². The van der Waals surface area contributed by atoms with E-state index in [1.807, 2.05) is 30.9 Å². The molecular weight excluding hydrogens is 236 g/mol. The van der Waals surface area contributed by atoms with Crippen molar-refractivity contribution in [1.29, 1.82) is 0 Å². The lowest BCUT2D eigenvalue weighted by molar-refractivity contribution is 0.0779. The van der Waals surface area contributed by atoms with Crippen molar-refractivity contribution < 1.29 is 4.79 Å². The fraction of sp³-hybridized carbons (Fsp3) is 0.562. The molecule has 3 unspecified atom stereocenters. The van der Waals surface area contributed by atoms with Crippen LogP contribution in [0.4, 0.5) is 0 Å². The highest BCUT2D eigenvalue weighted by molar-refractivity contribution is 5.96. The van der Waals surface area contributed by atoms with Crippen molar-refractivity contribution in [3.8, 4) is 0 Å². The van der Waals surface area contributed by atoms with Crippen LogP contribution in [0.1, 0.15) is 34.3 Å². The maximum absolute atomic E-state index is 12.6. The molecule has 1 amide bonds. The van der Waals surface area contributed by atoms with E-state index in [1.165, 1.54) is 6.42 Å². The largest absolute Gasteiger partial charge is 0.338 e. The molecule has 1 aliphatic heterocycles. The predicted octanol–water partition coefficient (Wildman–Crippen LogP) is 2.11. The number of carbonyl (C=O) groups is 1. The molecule has 1 heterocycles. The number of carbonyl (C=O) groups excluding carboxylic acids is 1. The van der Waals surface area contributed by atoms with Gasteiger partial charge in [0, 0.05) is 24.7 Å². The molecule has 3 nitrogen and oxygen atoms in total. The van der Waals surface area contributed by atoms with Crippen molar-refractivity contribution in [2.24, 2.45) is 17.6 Å². The van der Waals surface area contributed by atoms with Crippen molar-refractivity contribution in [3.63, 3.8) is 0 Å². The standard InChI is InChI=1S/C16H22N2O/c1-10-3-4-11(2)13(7-10)16(19)18-8-12-5-6-15(17)14(12)9-18/h3-4,7,12,14-15H,5-6,8-9,17H2,1-2H3. The maximum Gasteiger partial charge on any atom is 0.254 e. The van der Waals surface area contributed by atoms with Gasteiger partial charge in [-0.2, -0.15) is 0 Å². The average molecular weight is 258 g/mol. The molecule has 0 bridgehead atoms. The third-order valence-corrected chi connectivity index (χ3v) is 4.82. The maximum atomic E-state index is 12.6. The molecule has 1 aliphatic carbocycles. The normalized spacial score (nSPS) is 29.6. The highest BCUT2D eigenvalue weighted by atomic mass is 16.2. The van der Waals surface area contributed by atoms with Crippen molar-refractivity contribution in [2.75, 3.05) is 13.1 Å². The molecule has 102 valence electrons. The number of nitrogens with two attached hydrogens (primary N) is 1. The minimum Gasteiger partial charge on any atom is -0.338 e. The summed E-state index contributed by atoms with van der Waals surface area (Å²) in [6.45, 7) is 5.78. The van der Waals surface area contributed by atoms with Gasteiger partial charge in [-0.3, -0.25) is 4.79 Å². The van der Waals surface area contributed by atoms with Gasteiger partial charge in [-0.25, -0.2) is 0 Å². The van der Waals surface area contributed by atoms with E-state index in [-0.39, 0.29) is 5.91 Å². The Labute approximate surface area is 114 Å². The van der Waals surface area contributed by atoms with Crippen LogP contribution >= 0.6 is 0 Å². The summed E-state index contributed by atoms with van der Waals surface area (Å²) in [5.74, 6) is 1.33. The summed E-state index contributed by atoms with van der Waals surface area (Å²) in [5, 5.41) is 0. The van der Waals surface area contributed by atoms with Gasteiger partial charge < -0.3 is 10.6 Å². The fourth-order valence-corrected chi connectivity index (χ4v) is 3.61. The quantitative estimate of drug-likeness (QED) is 0.838. The molecule has 19 heavy (non-hydrogen) atoms. The molecular formula is C16H22N2O. The molecule has 3 atom stereocenters. The predicted molar refractivity (Wildman–Crippen MR) is 76.0 cm³/mol. The Bertz CT molecular complexity index is 511. The van der Waals surface area contributed by atoms with Gasteiger partial charge in [0.1, 0.15) is 0 Å². The van der Waals surface area contributed by atoms with Crippen LogP contribution in [0.15, 0.2) is 18.2 Å². The second-order valence-corrected chi connectivity index (χ2v) is 6.19. The summed E-state index contributed by atoms with van der Waals surface area (Å²) in [6, 6.07) is 6.39. The van der Waals surface area contributed by atoms with Crippen molar-refractivity contribution in [3.05, 3.63) is 34.9 Å². The summed E-state index contributed by atoms with van der Waals surface area (Å²) in [7, 11) is 0. The number of aryl methyl sites for hydroxylation is 2. The summed E-state index contributed by atoms with van der Waals surface area (Å²) in [6.07, 6.45) is 2.31. The summed E-state index contributed by atoms with van der Waals surface area (Å²) < 4.78 is 0. The number of rotatable bonds is 1. The molecule has 3 rings (SSSR count). The first-order chi connectivity index (χ1) is 9.06. The number of benzene rings is 1. The smallest absolute Gasteiger partial charge is 0.254 e. The number of hydrogen-bond donors (Lipinski definition) is 1. The Morgan fingerprint density at radius 2 is 2.05 bits per heavy atom. The molecule has 1 aromatic rings. The topological polar surface area (TPSA) is 46.3 Å². The van der Waals surface area contributed by atoms with E-state index in [9.17, 15) is 4.79 Å². The van der Waals surface area contributed by atoms with Crippen molar-refractivity contribution in [1.82, 2.24) is 4.90 Å². The van der Waals surface area contributed by atoms with Crippen LogP contribution in [0, 0.1) is 25.7 Å². The van der Waals surface area contributed by atoms with Crippen LogP contribution in [0.5, 0.6) is 0 Å². The molecule has 1 saturated heterocycles. The van der Waals surface area contributed by atoms with Gasteiger partial charge in [0.15, 0.2) is 0 Å². The van der Waals surface area contributed by atoms with Gasteiger partial charge in [0.25, 0.3) is 5.91 Å². The Morgan fingerprint density at radius 1 is 1.26 bits per heavy atom. The van der Waals surface area contributed by atoms with E-state index in [4.69, 9.17) is 5.73 Å². The molecule has 0 aromatic heterocycles. The first kappa shape index (κ1) is 12.7. The Hall–Kier alpha value is -1.35. The third-order valence-electron chi connectivity index (χ3n) is 4.82. The Kier molecular flexibility index (Phi) is 3.09. The second-order valence-electron chi connectivity index (χ2n) is 6.19.